The molecule has 0 radical (unpaired) electrons. The first-order chi connectivity index (χ1) is 11.2. The van der Waals surface area contributed by atoms with Crippen LogP contribution in [0.4, 0.5) is 9.18 Å². The number of hydrogen-bond acceptors (Lipinski definition) is 2. The Hall–Kier alpha value is -1.58. The summed E-state index contributed by atoms with van der Waals surface area (Å²) in [6, 6.07) is 5.77. The maximum Gasteiger partial charge on any atom is 0.410 e. The van der Waals surface area contributed by atoms with Crippen molar-refractivity contribution in [2.75, 3.05) is 0 Å². The first-order valence-corrected chi connectivity index (χ1v) is 9.03. The van der Waals surface area contributed by atoms with E-state index in [9.17, 15) is 9.18 Å². The van der Waals surface area contributed by atoms with Gasteiger partial charge >= 0.3 is 6.09 Å². The predicted molar refractivity (Wildman–Crippen MR) is 90.4 cm³/mol. The minimum atomic E-state index is -0.452. The van der Waals surface area contributed by atoms with Crippen LogP contribution in [0.15, 0.2) is 18.2 Å². The Balaban J connectivity index is 1.52. The quantitative estimate of drug-likeness (QED) is 0.702. The fourth-order valence-electron chi connectivity index (χ4n) is 5.15. The van der Waals surface area contributed by atoms with Crippen molar-refractivity contribution in [2.45, 2.75) is 77.0 Å². The third-order valence-corrected chi connectivity index (χ3v) is 5.86. The Morgan fingerprint density at radius 3 is 2.42 bits per heavy atom. The molecule has 3 nitrogen and oxygen atoms in total. The van der Waals surface area contributed by atoms with Crippen molar-refractivity contribution < 1.29 is 13.9 Å². The number of amides is 1. The monoisotopic (exact) mass is 331 g/mol. The van der Waals surface area contributed by atoms with E-state index in [4.69, 9.17) is 4.74 Å². The lowest BCUT2D eigenvalue weighted by Gasteiger charge is -2.45. The highest BCUT2D eigenvalue weighted by Gasteiger charge is 2.52. The van der Waals surface area contributed by atoms with Crippen LogP contribution in [0.1, 0.15) is 57.6 Å². The van der Waals surface area contributed by atoms with E-state index in [0.717, 1.165) is 38.5 Å². The second-order valence-corrected chi connectivity index (χ2v) is 8.95. The van der Waals surface area contributed by atoms with E-state index in [1.54, 1.807) is 12.1 Å². The van der Waals surface area contributed by atoms with Crippen molar-refractivity contribution in [2.24, 2.45) is 5.41 Å². The molecule has 1 amide bonds. The largest absolute Gasteiger partial charge is 0.444 e. The van der Waals surface area contributed by atoms with Gasteiger partial charge in [0, 0.05) is 12.1 Å². The van der Waals surface area contributed by atoms with Gasteiger partial charge < -0.3 is 9.64 Å². The van der Waals surface area contributed by atoms with Crippen LogP contribution >= 0.6 is 0 Å². The van der Waals surface area contributed by atoms with E-state index in [-0.39, 0.29) is 29.4 Å². The van der Waals surface area contributed by atoms with Gasteiger partial charge in [-0.25, -0.2) is 9.18 Å². The molecule has 0 N–H and O–H groups in total. The number of nitrogens with zero attached hydrogens (tertiary/aromatic N) is 1. The van der Waals surface area contributed by atoms with Crippen LogP contribution in [-0.2, 0) is 17.6 Å². The summed E-state index contributed by atoms with van der Waals surface area (Å²) >= 11 is 0. The number of ether oxygens (including phenoxy) is 1. The Morgan fingerprint density at radius 1 is 1.17 bits per heavy atom. The average Bonchev–Trinajstić information content (AvgIpc) is 2.92. The van der Waals surface area contributed by atoms with Gasteiger partial charge in [-0.1, -0.05) is 6.07 Å². The lowest BCUT2D eigenvalue weighted by molar-refractivity contribution is -0.0105. The molecule has 1 aliphatic carbocycles. The molecular formula is C20H26FNO2. The second kappa shape index (κ2) is 5.21. The molecule has 1 aromatic carbocycles. The number of halogens is 1. The van der Waals surface area contributed by atoms with Crippen LogP contribution in [0, 0.1) is 11.2 Å². The van der Waals surface area contributed by atoms with Gasteiger partial charge in [-0.15, -0.1) is 0 Å². The summed E-state index contributed by atoms with van der Waals surface area (Å²) in [6.45, 7) is 5.75. The zero-order chi connectivity index (χ0) is 17.1. The van der Waals surface area contributed by atoms with Crippen molar-refractivity contribution >= 4 is 6.09 Å². The first-order valence-electron chi connectivity index (χ1n) is 9.03. The molecule has 2 heterocycles. The number of piperidine rings is 1. The molecule has 0 saturated carbocycles. The van der Waals surface area contributed by atoms with Crippen molar-refractivity contribution in [3.63, 3.8) is 0 Å². The maximum absolute atomic E-state index is 13.5. The average molecular weight is 331 g/mol. The normalized spacial score (nSPS) is 31.4. The number of carbonyl (C=O) groups is 1. The Kier molecular flexibility index (Phi) is 3.45. The number of hydrogen-bond donors (Lipinski definition) is 0. The summed E-state index contributed by atoms with van der Waals surface area (Å²) in [4.78, 5) is 14.6. The number of carbonyl (C=O) groups excluding carboxylic acids is 1. The molecule has 0 unspecified atom stereocenters. The molecule has 4 heteroatoms. The van der Waals surface area contributed by atoms with E-state index in [2.05, 4.69) is 0 Å². The highest BCUT2D eigenvalue weighted by molar-refractivity contribution is 5.69. The van der Waals surface area contributed by atoms with Crippen LogP contribution in [0.3, 0.4) is 0 Å². The Morgan fingerprint density at radius 2 is 1.79 bits per heavy atom. The van der Waals surface area contributed by atoms with Crippen molar-refractivity contribution in [3.05, 3.63) is 35.1 Å². The van der Waals surface area contributed by atoms with Gasteiger partial charge in [-0.05, 0) is 88.0 Å². The number of benzene rings is 1. The number of fused-ring (bicyclic) bond motifs is 3. The summed E-state index contributed by atoms with van der Waals surface area (Å²) in [5.41, 5.74) is 2.22. The van der Waals surface area contributed by atoms with Gasteiger partial charge in [-0.3, -0.25) is 0 Å². The lowest BCUT2D eigenvalue weighted by Crippen LogP contribution is -2.52. The SMILES string of the molecule is CC(C)(C)OC(=O)N1[C@@H]2CC[C@H]1C[C@@]1(Cc3ccc(F)cc3C1)C2. The van der Waals surface area contributed by atoms with Crippen LogP contribution in [0.25, 0.3) is 0 Å². The van der Waals surface area contributed by atoms with Crippen molar-refractivity contribution in [3.8, 4) is 0 Å². The lowest BCUT2D eigenvalue weighted by atomic mass is 9.73. The smallest absolute Gasteiger partial charge is 0.410 e. The molecule has 3 atom stereocenters. The van der Waals surface area contributed by atoms with Gasteiger partial charge in [0.1, 0.15) is 11.4 Å². The fraction of sp³-hybridized carbons (Fsp3) is 0.650. The summed E-state index contributed by atoms with van der Waals surface area (Å²) in [5.74, 6) is -0.139. The molecular weight excluding hydrogens is 305 g/mol. The van der Waals surface area contributed by atoms with Crippen molar-refractivity contribution in [1.82, 2.24) is 4.90 Å². The van der Waals surface area contributed by atoms with Gasteiger partial charge in [0.2, 0.25) is 0 Å². The maximum atomic E-state index is 13.5. The highest BCUT2D eigenvalue weighted by atomic mass is 19.1. The standard InChI is InChI=1S/C20H26FNO2/c1-19(2,3)24-18(23)22-16-6-7-17(22)12-20(11-16)9-13-4-5-15(21)8-14(13)10-20/h4-5,8,16-17H,6-7,9-12H2,1-3H3/t16-,17+,20-. The van der Waals surface area contributed by atoms with E-state index in [0.29, 0.717) is 0 Å². The Labute approximate surface area is 143 Å². The highest BCUT2D eigenvalue weighted by Crippen LogP contribution is 2.52. The van der Waals surface area contributed by atoms with E-state index >= 15 is 0 Å². The van der Waals surface area contributed by atoms with Crippen LogP contribution in [0.5, 0.6) is 0 Å². The molecule has 0 aromatic heterocycles. The summed E-state index contributed by atoms with van der Waals surface area (Å²) in [6.07, 6.45) is 5.98. The topological polar surface area (TPSA) is 29.5 Å². The molecule has 1 spiro atoms. The van der Waals surface area contributed by atoms with Gasteiger partial charge in [-0.2, -0.15) is 0 Å². The molecule has 4 rings (SSSR count). The summed E-state index contributed by atoms with van der Waals surface area (Å²) < 4.78 is 19.2. The van der Waals surface area contributed by atoms with Crippen LogP contribution < -0.4 is 0 Å². The first kappa shape index (κ1) is 15.9. The van der Waals surface area contributed by atoms with Gasteiger partial charge in [0.05, 0.1) is 0 Å². The molecule has 2 bridgehead atoms. The fourth-order valence-corrected chi connectivity index (χ4v) is 5.15. The Bertz CT molecular complexity index is 665. The zero-order valence-electron chi connectivity index (χ0n) is 14.8. The minimum absolute atomic E-state index is 0.139. The van der Waals surface area contributed by atoms with E-state index < -0.39 is 5.60 Å². The van der Waals surface area contributed by atoms with E-state index in [1.807, 2.05) is 31.7 Å². The van der Waals surface area contributed by atoms with Gasteiger partial charge in [0.15, 0.2) is 0 Å². The molecule has 2 fully saturated rings. The zero-order valence-corrected chi connectivity index (χ0v) is 14.8. The van der Waals surface area contributed by atoms with Crippen molar-refractivity contribution in [1.29, 1.82) is 0 Å². The second-order valence-electron chi connectivity index (χ2n) is 8.95. The molecule has 130 valence electrons. The number of rotatable bonds is 0. The minimum Gasteiger partial charge on any atom is -0.444 e. The third kappa shape index (κ3) is 2.70. The summed E-state index contributed by atoms with van der Waals surface area (Å²) in [5, 5.41) is 0. The molecule has 1 aromatic rings. The molecule has 24 heavy (non-hydrogen) atoms. The molecule has 2 aliphatic heterocycles. The molecule has 3 aliphatic rings. The third-order valence-electron chi connectivity index (χ3n) is 5.86. The molecule has 2 saturated heterocycles. The predicted octanol–water partition coefficient (Wildman–Crippen LogP) is 4.47. The van der Waals surface area contributed by atoms with E-state index in [1.165, 1.54) is 11.1 Å². The van der Waals surface area contributed by atoms with Crippen LogP contribution in [-0.4, -0.2) is 28.7 Å². The summed E-state index contributed by atoms with van der Waals surface area (Å²) in [7, 11) is 0. The van der Waals surface area contributed by atoms with Gasteiger partial charge in [0.25, 0.3) is 0 Å². The van der Waals surface area contributed by atoms with Crippen LogP contribution in [0.2, 0.25) is 0 Å².